The topological polar surface area (TPSA) is 104 Å². The highest BCUT2D eigenvalue weighted by atomic mass is 16.3. The number of hydrogen-bond donors (Lipinski definition) is 2. The van der Waals surface area contributed by atoms with E-state index in [0.29, 0.717) is 13.0 Å². The van der Waals surface area contributed by atoms with E-state index in [4.69, 9.17) is 0 Å². The Hall–Kier alpha value is -2.61. The van der Waals surface area contributed by atoms with Crippen molar-refractivity contribution in [3.8, 4) is 0 Å². The lowest BCUT2D eigenvalue weighted by molar-refractivity contribution is 0.0253. The number of carbonyl (C=O) groups is 1. The van der Waals surface area contributed by atoms with Gasteiger partial charge < -0.3 is 15.3 Å². The molecule has 1 atom stereocenters. The van der Waals surface area contributed by atoms with Gasteiger partial charge in [-0.1, -0.05) is 0 Å². The van der Waals surface area contributed by atoms with Crippen molar-refractivity contribution < 1.29 is 9.90 Å². The first-order chi connectivity index (χ1) is 11.6. The number of aliphatic hydroxyl groups is 1. The Kier molecular flexibility index (Phi) is 4.66. The fourth-order valence-corrected chi connectivity index (χ4v) is 2.75. The van der Waals surface area contributed by atoms with Crippen molar-refractivity contribution in [1.29, 1.82) is 0 Å². The molecule has 1 fully saturated rings. The Balaban J connectivity index is 1.61. The van der Waals surface area contributed by atoms with E-state index in [-0.39, 0.29) is 18.1 Å². The number of nitrogens with zero attached hydrogens (tertiary/aromatic N) is 5. The van der Waals surface area contributed by atoms with Crippen molar-refractivity contribution in [2.75, 3.05) is 24.5 Å². The summed E-state index contributed by atoms with van der Waals surface area (Å²) in [5.41, 5.74) is -0.0216. The molecule has 8 nitrogen and oxygen atoms in total. The summed E-state index contributed by atoms with van der Waals surface area (Å²) in [6.07, 6.45) is 9.31. The summed E-state index contributed by atoms with van der Waals surface area (Å²) in [4.78, 5) is 30.5. The Labute approximate surface area is 140 Å². The summed E-state index contributed by atoms with van der Waals surface area (Å²) in [6.45, 7) is 3.16. The van der Waals surface area contributed by atoms with Crippen LogP contribution < -0.4 is 10.2 Å². The number of nitrogens with one attached hydrogen (secondary N) is 1. The van der Waals surface area contributed by atoms with Gasteiger partial charge in [0, 0.05) is 38.2 Å². The van der Waals surface area contributed by atoms with Crippen molar-refractivity contribution in [3.05, 3.63) is 42.4 Å². The van der Waals surface area contributed by atoms with Crippen LogP contribution in [0.4, 0.5) is 5.82 Å². The maximum atomic E-state index is 12.1. The second kappa shape index (κ2) is 6.88. The molecule has 1 amide bonds. The summed E-state index contributed by atoms with van der Waals surface area (Å²) in [6, 6.07) is 0. The summed E-state index contributed by atoms with van der Waals surface area (Å²) >= 11 is 0. The maximum Gasteiger partial charge on any atom is 0.271 e. The van der Waals surface area contributed by atoms with Crippen LogP contribution in [-0.4, -0.2) is 56.2 Å². The average Bonchev–Trinajstić information content (AvgIpc) is 2.61. The first kappa shape index (κ1) is 16.3. The van der Waals surface area contributed by atoms with Crippen LogP contribution in [0, 0.1) is 6.92 Å². The zero-order valence-electron chi connectivity index (χ0n) is 13.5. The van der Waals surface area contributed by atoms with Gasteiger partial charge in [0.05, 0.1) is 23.7 Å². The van der Waals surface area contributed by atoms with Crippen molar-refractivity contribution in [3.63, 3.8) is 0 Å². The summed E-state index contributed by atoms with van der Waals surface area (Å²) in [7, 11) is 0. The largest absolute Gasteiger partial charge is 0.386 e. The zero-order chi connectivity index (χ0) is 17.0. The van der Waals surface area contributed by atoms with Gasteiger partial charge in [-0.15, -0.1) is 0 Å². The summed E-state index contributed by atoms with van der Waals surface area (Å²) in [5.74, 6) is 0.388. The zero-order valence-corrected chi connectivity index (χ0v) is 13.5. The number of aryl methyl sites for hydroxylation is 1. The van der Waals surface area contributed by atoms with Crippen LogP contribution in [0.5, 0.6) is 0 Å². The van der Waals surface area contributed by atoms with Crippen molar-refractivity contribution >= 4 is 11.7 Å². The van der Waals surface area contributed by atoms with E-state index in [1.807, 2.05) is 4.90 Å². The smallest absolute Gasteiger partial charge is 0.271 e. The van der Waals surface area contributed by atoms with Crippen LogP contribution in [0.3, 0.4) is 0 Å². The highest BCUT2D eigenvalue weighted by Gasteiger charge is 2.34. The monoisotopic (exact) mass is 328 g/mol. The molecule has 1 saturated heterocycles. The van der Waals surface area contributed by atoms with Crippen molar-refractivity contribution in [2.24, 2.45) is 0 Å². The predicted octanol–water partition coefficient (Wildman–Crippen LogP) is 0.336. The second-order valence-electron chi connectivity index (χ2n) is 6.04. The number of β-amino-alcohol motifs (C(OH)–C–C–N with tert-alkyl or cyclic N) is 1. The molecule has 3 rings (SSSR count). The first-order valence-electron chi connectivity index (χ1n) is 7.86. The highest BCUT2D eigenvalue weighted by molar-refractivity contribution is 5.91. The van der Waals surface area contributed by atoms with E-state index in [0.717, 1.165) is 24.5 Å². The van der Waals surface area contributed by atoms with E-state index in [1.54, 1.807) is 31.7 Å². The van der Waals surface area contributed by atoms with Gasteiger partial charge in [-0.05, 0) is 19.8 Å². The van der Waals surface area contributed by atoms with E-state index >= 15 is 0 Å². The molecule has 0 bridgehead atoms. The molecular formula is C16H20N6O2. The molecule has 0 saturated carbocycles. The van der Waals surface area contributed by atoms with Gasteiger partial charge >= 0.3 is 0 Å². The number of hydrogen-bond acceptors (Lipinski definition) is 7. The third kappa shape index (κ3) is 3.83. The minimum atomic E-state index is -1.01. The lowest BCUT2D eigenvalue weighted by atomic mass is 9.92. The lowest BCUT2D eigenvalue weighted by Gasteiger charge is -2.39. The molecular weight excluding hydrogens is 308 g/mol. The lowest BCUT2D eigenvalue weighted by Crippen LogP contribution is -2.54. The molecule has 126 valence electrons. The minimum absolute atomic E-state index is 0.151. The second-order valence-corrected chi connectivity index (χ2v) is 6.04. The molecule has 1 aliphatic heterocycles. The quantitative estimate of drug-likeness (QED) is 0.834. The molecule has 0 aromatic carbocycles. The van der Waals surface area contributed by atoms with Gasteiger partial charge in [0.2, 0.25) is 0 Å². The average molecular weight is 328 g/mol. The number of rotatable bonds is 4. The van der Waals surface area contributed by atoms with Gasteiger partial charge in [-0.3, -0.25) is 14.8 Å². The third-order valence-corrected chi connectivity index (χ3v) is 4.02. The number of amides is 1. The van der Waals surface area contributed by atoms with E-state index < -0.39 is 5.60 Å². The SMILES string of the molecule is Cc1cnc(C(=O)NCC2(O)CCCN(c3cnccn3)C2)cn1. The molecule has 2 aromatic heterocycles. The van der Waals surface area contributed by atoms with Crippen molar-refractivity contribution in [2.45, 2.75) is 25.4 Å². The van der Waals surface area contributed by atoms with E-state index in [1.165, 1.54) is 6.20 Å². The summed E-state index contributed by atoms with van der Waals surface area (Å²) < 4.78 is 0. The fraction of sp³-hybridized carbons (Fsp3) is 0.438. The van der Waals surface area contributed by atoms with Crippen molar-refractivity contribution in [1.82, 2.24) is 25.3 Å². The van der Waals surface area contributed by atoms with Crippen LogP contribution >= 0.6 is 0 Å². The number of aromatic nitrogens is 4. The van der Waals surface area contributed by atoms with Crippen LogP contribution in [0.25, 0.3) is 0 Å². The molecule has 24 heavy (non-hydrogen) atoms. The van der Waals surface area contributed by atoms with Crippen LogP contribution in [-0.2, 0) is 0 Å². The minimum Gasteiger partial charge on any atom is -0.386 e. The third-order valence-electron chi connectivity index (χ3n) is 4.02. The molecule has 1 unspecified atom stereocenters. The number of anilines is 1. The Bertz CT molecular complexity index is 693. The van der Waals surface area contributed by atoms with Crippen LogP contribution in [0.1, 0.15) is 29.0 Å². The molecule has 2 N–H and O–H groups in total. The number of piperidine rings is 1. The molecule has 0 aliphatic carbocycles. The van der Waals surface area contributed by atoms with Gasteiger partial charge in [0.1, 0.15) is 11.5 Å². The van der Waals surface area contributed by atoms with Gasteiger partial charge in [-0.25, -0.2) is 9.97 Å². The molecule has 0 spiro atoms. The first-order valence-corrected chi connectivity index (χ1v) is 7.86. The maximum absolute atomic E-state index is 12.1. The Morgan fingerprint density at radius 2 is 2.17 bits per heavy atom. The van der Waals surface area contributed by atoms with Crippen LogP contribution in [0.2, 0.25) is 0 Å². The Morgan fingerprint density at radius 1 is 1.29 bits per heavy atom. The normalized spacial score (nSPS) is 20.7. The van der Waals surface area contributed by atoms with E-state index in [2.05, 4.69) is 25.3 Å². The number of carbonyl (C=O) groups excluding carboxylic acids is 1. The fourth-order valence-electron chi connectivity index (χ4n) is 2.75. The van der Waals surface area contributed by atoms with E-state index in [9.17, 15) is 9.90 Å². The van der Waals surface area contributed by atoms with Gasteiger partial charge in [0.15, 0.2) is 0 Å². The molecule has 8 heteroatoms. The molecule has 0 radical (unpaired) electrons. The standard InChI is InChI=1S/C16H20N6O2/c1-12-7-20-13(8-19-12)15(23)21-10-16(24)3-2-6-22(11-16)14-9-17-4-5-18-14/h4-5,7-9,24H,2-3,6,10-11H2,1H3,(H,21,23). The molecule has 3 heterocycles. The Morgan fingerprint density at radius 3 is 2.88 bits per heavy atom. The predicted molar refractivity (Wildman–Crippen MR) is 87.5 cm³/mol. The van der Waals surface area contributed by atoms with Gasteiger partial charge in [-0.2, -0.15) is 0 Å². The highest BCUT2D eigenvalue weighted by Crippen LogP contribution is 2.23. The van der Waals surface area contributed by atoms with Crippen LogP contribution in [0.15, 0.2) is 31.0 Å². The van der Waals surface area contributed by atoms with Gasteiger partial charge in [0.25, 0.3) is 5.91 Å². The molecule has 1 aliphatic rings. The molecule has 2 aromatic rings. The summed E-state index contributed by atoms with van der Waals surface area (Å²) in [5, 5.41) is 13.5.